The summed E-state index contributed by atoms with van der Waals surface area (Å²) >= 11 is 0. The van der Waals surface area contributed by atoms with Gasteiger partial charge in [0.25, 0.3) is 5.91 Å². The molecule has 0 saturated heterocycles. The highest BCUT2D eigenvalue weighted by Gasteiger charge is 2.10. The highest BCUT2D eigenvalue weighted by atomic mass is 16.3. The molecule has 0 aliphatic heterocycles. The Labute approximate surface area is 247 Å². The molecule has 0 radical (unpaired) electrons. The van der Waals surface area contributed by atoms with Crippen LogP contribution in [0.4, 0.5) is 0 Å². The van der Waals surface area contributed by atoms with E-state index in [2.05, 4.69) is 12.2 Å². The summed E-state index contributed by atoms with van der Waals surface area (Å²) in [4.78, 5) is 23.9. The second kappa shape index (κ2) is 27.3. The third-order valence-corrected chi connectivity index (χ3v) is 8.14. The zero-order chi connectivity index (χ0) is 28.9. The maximum Gasteiger partial charge on any atom is 0.257 e. The number of carbonyl (C=O) groups is 2. The van der Waals surface area contributed by atoms with E-state index in [0.29, 0.717) is 12.0 Å². The molecular weight excluding hydrogens is 494 g/mol. The molecule has 4 heteroatoms. The van der Waals surface area contributed by atoms with E-state index in [1.807, 2.05) is 0 Å². The van der Waals surface area contributed by atoms with Crippen molar-refractivity contribution in [3.8, 4) is 5.75 Å². The first-order valence-electron chi connectivity index (χ1n) is 17.3. The van der Waals surface area contributed by atoms with Gasteiger partial charge in [0.15, 0.2) is 0 Å². The third-order valence-electron chi connectivity index (χ3n) is 8.14. The van der Waals surface area contributed by atoms with Crippen molar-refractivity contribution in [2.45, 2.75) is 180 Å². The van der Waals surface area contributed by atoms with Crippen LogP contribution in [0.3, 0.4) is 0 Å². The second-order valence-electron chi connectivity index (χ2n) is 12.0. The molecule has 0 heterocycles. The summed E-state index contributed by atoms with van der Waals surface area (Å²) in [7, 11) is 0. The minimum Gasteiger partial charge on any atom is -0.508 e. The fourth-order valence-electron chi connectivity index (χ4n) is 5.48. The van der Waals surface area contributed by atoms with Crippen molar-refractivity contribution in [2.24, 2.45) is 0 Å². The number of imide groups is 1. The summed E-state index contributed by atoms with van der Waals surface area (Å²) in [6.07, 6.45) is 35.9. The van der Waals surface area contributed by atoms with Crippen LogP contribution in [0.5, 0.6) is 5.75 Å². The highest BCUT2D eigenvalue weighted by Crippen LogP contribution is 2.16. The van der Waals surface area contributed by atoms with E-state index < -0.39 is 5.91 Å². The number of hydrogen-bond acceptors (Lipinski definition) is 3. The minimum absolute atomic E-state index is 0.105. The molecule has 0 fully saturated rings. The average molecular weight is 558 g/mol. The minimum atomic E-state index is -0.403. The number of carbonyl (C=O) groups excluding carboxylic acids is 2. The fraction of sp³-hybridized carbons (Fsp3) is 0.778. The lowest BCUT2D eigenvalue weighted by molar-refractivity contribution is -0.120. The van der Waals surface area contributed by atoms with Crippen molar-refractivity contribution in [3.63, 3.8) is 0 Å². The van der Waals surface area contributed by atoms with Crippen LogP contribution in [0, 0.1) is 0 Å². The SMILES string of the molecule is CCCCCCCCCCCCCCCCCCCCCCCCCCCCC(=O)NC(=O)c1ccc(O)cc1. The van der Waals surface area contributed by atoms with Gasteiger partial charge in [-0.3, -0.25) is 14.9 Å². The molecule has 0 spiro atoms. The van der Waals surface area contributed by atoms with Gasteiger partial charge in [-0.1, -0.05) is 167 Å². The lowest BCUT2D eigenvalue weighted by Crippen LogP contribution is -2.30. The molecule has 0 aliphatic rings. The molecule has 2 amide bonds. The van der Waals surface area contributed by atoms with Crippen molar-refractivity contribution in [1.82, 2.24) is 5.32 Å². The molecule has 0 saturated carbocycles. The third kappa shape index (κ3) is 22.9. The smallest absolute Gasteiger partial charge is 0.257 e. The number of rotatable bonds is 28. The lowest BCUT2D eigenvalue weighted by Gasteiger charge is -2.05. The molecule has 1 aromatic rings. The zero-order valence-corrected chi connectivity index (χ0v) is 26.2. The number of unbranched alkanes of at least 4 members (excludes halogenated alkanes) is 25. The van der Waals surface area contributed by atoms with E-state index in [4.69, 9.17) is 0 Å². The van der Waals surface area contributed by atoms with Gasteiger partial charge in [0.2, 0.25) is 5.91 Å². The van der Waals surface area contributed by atoms with Gasteiger partial charge >= 0.3 is 0 Å². The summed E-state index contributed by atoms with van der Waals surface area (Å²) < 4.78 is 0. The van der Waals surface area contributed by atoms with Crippen LogP contribution >= 0.6 is 0 Å². The van der Waals surface area contributed by atoms with Crippen LogP contribution < -0.4 is 5.32 Å². The summed E-state index contributed by atoms with van der Waals surface area (Å²) in [5, 5.41) is 11.7. The molecule has 1 rings (SSSR count). The highest BCUT2D eigenvalue weighted by molar-refractivity contribution is 6.04. The molecular formula is C36H63NO3. The Hall–Kier alpha value is -1.84. The maximum atomic E-state index is 12.0. The van der Waals surface area contributed by atoms with Gasteiger partial charge < -0.3 is 5.11 Å². The largest absolute Gasteiger partial charge is 0.508 e. The standard InChI is InChI=1S/C36H63NO3/c1-2-3-4-5-6-7-8-9-10-11-12-13-14-15-16-17-18-19-20-21-22-23-24-25-26-27-28-35(39)37-36(40)33-29-31-34(38)32-30-33/h29-32,38H,2-28H2,1H3,(H,37,39,40). The van der Waals surface area contributed by atoms with Gasteiger partial charge in [-0.2, -0.15) is 0 Å². The van der Waals surface area contributed by atoms with Crippen molar-refractivity contribution in [3.05, 3.63) is 29.8 Å². The number of aromatic hydroxyl groups is 1. The molecule has 0 atom stereocenters. The Morgan fingerprint density at radius 2 is 0.800 bits per heavy atom. The predicted molar refractivity (Wildman–Crippen MR) is 171 cm³/mol. The molecule has 1 aromatic carbocycles. The van der Waals surface area contributed by atoms with Gasteiger partial charge in [-0.15, -0.1) is 0 Å². The van der Waals surface area contributed by atoms with Crippen LogP contribution in [-0.2, 0) is 4.79 Å². The topological polar surface area (TPSA) is 66.4 Å². The Morgan fingerprint density at radius 3 is 1.12 bits per heavy atom. The first-order valence-corrected chi connectivity index (χ1v) is 17.3. The van der Waals surface area contributed by atoms with Crippen LogP contribution in [0.1, 0.15) is 191 Å². The molecule has 0 aliphatic carbocycles. The second-order valence-corrected chi connectivity index (χ2v) is 12.0. The summed E-state index contributed by atoms with van der Waals surface area (Å²) in [6.45, 7) is 2.29. The first-order chi connectivity index (χ1) is 19.6. The van der Waals surface area contributed by atoms with E-state index in [9.17, 15) is 14.7 Å². The summed E-state index contributed by atoms with van der Waals surface area (Å²) in [5.74, 6) is -0.518. The van der Waals surface area contributed by atoms with Crippen molar-refractivity contribution < 1.29 is 14.7 Å². The number of amides is 2. The Morgan fingerprint density at radius 1 is 0.500 bits per heavy atom. The van der Waals surface area contributed by atoms with E-state index in [-0.39, 0.29) is 11.7 Å². The molecule has 40 heavy (non-hydrogen) atoms. The van der Waals surface area contributed by atoms with E-state index in [1.165, 1.54) is 178 Å². The van der Waals surface area contributed by atoms with Crippen molar-refractivity contribution >= 4 is 11.8 Å². The molecule has 230 valence electrons. The van der Waals surface area contributed by atoms with Gasteiger partial charge in [0.1, 0.15) is 5.75 Å². The van der Waals surface area contributed by atoms with E-state index >= 15 is 0 Å². The number of benzene rings is 1. The average Bonchev–Trinajstić information content (AvgIpc) is 2.95. The van der Waals surface area contributed by atoms with Gasteiger partial charge in [-0.05, 0) is 30.7 Å². The van der Waals surface area contributed by atoms with Crippen LogP contribution in [0.15, 0.2) is 24.3 Å². The summed E-state index contributed by atoms with van der Waals surface area (Å²) in [5.41, 5.74) is 0.385. The maximum absolute atomic E-state index is 12.0. The first kappa shape index (κ1) is 36.2. The quantitative estimate of drug-likeness (QED) is 0.101. The van der Waals surface area contributed by atoms with E-state index in [1.54, 1.807) is 0 Å². The van der Waals surface area contributed by atoms with Gasteiger partial charge in [0.05, 0.1) is 0 Å². The van der Waals surface area contributed by atoms with E-state index in [0.717, 1.165) is 12.8 Å². The number of phenols is 1. The molecule has 0 aromatic heterocycles. The fourth-order valence-corrected chi connectivity index (χ4v) is 5.48. The molecule has 4 nitrogen and oxygen atoms in total. The van der Waals surface area contributed by atoms with Crippen molar-refractivity contribution in [1.29, 1.82) is 0 Å². The molecule has 0 bridgehead atoms. The van der Waals surface area contributed by atoms with Crippen LogP contribution in [0.2, 0.25) is 0 Å². The zero-order valence-electron chi connectivity index (χ0n) is 26.2. The van der Waals surface area contributed by atoms with Crippen LogP contribution in [0.25, 0.3) is 0 Å². The summed E-state index contributed by atoms with van der Waals surface area (Å²) in [6, 6.07) is 5.92. The number of hydrogen-bond donors (Lipinski definition) is 2. The Bertz CT molecular complexity index is 715. The molecule has 0 unspecified atom stereocenters. The van der Waals surface area contributed by atoms with Gasteiger partial charge in [0, 0.05) is 12.0 Å². The number of phenolic OH excluding ortho intramolecular Hbond substituents is 1. The lowest BCUT2D eigenvalue weighted by atomic mass is 10.0. The Kier molecular flexibility index (Phi) is 24.7. The number of nitrogens with one attached hydrogen (secondary N) is 1. The normalized spacial score (nSPS) is 11.1. The predicted octanol–water partition coefficient (Wildman–Crippen LogP) is 11.2. The van der Waals surface area contributed by atoms with Gasteiger partial charge in [-0.25, -0.2) is 0 Å². The van der Waals surface area contributed by atoms with Crippen molar-refractivity contribution in [2.75, 3.05) is 0 Å². The Balaban J connectivity index is 1.72. The van der Waals surface area contributed by atoms with Crippen LogP contribution in [-0.4, -0.2) is 16.9 Å². The molecule has 2 N–H and O–H groups in total. The monoisotopic (exact) mass is 557 g/mol.